The molecule has 0 radical (unpaired) electrons. The minimum atomic E-state index is -0.148. The fourth-order valence-corrected chi connectivity index (χ4v) is 3.65. The van der Waals surface area contributed by atoms with Crippen molar-refractivity contribution in [2.45, 2.75) is 58.5 Å². The van der Waals surface area contributed by atoms with Crippen molar-refractivity contribution in [3.05, 3.63) is 34.3 Å². The predicted octanol–water partition coefficient (Wildman–Crippen LogP) is 4.77. The Balaban J connectivity index is 2.03. The molecule has 1 N–H and O–H groups in total. The van der Waals surface area contributed by atoms with Crippen molar-refractivity contribution in [1.82, 2.24) is 0 Å². The van der Waals surface area contributed by atoms with Crippen LogP contribution in [-0.4, -0.2) is 11.2 Å². The van der Waals surface area contributed by atoms with Crippen LogP contribution < -0.4 is 0 Å². The second-order valence-corrected chi connectivity index (χ2v) is 6.50. The molecule has 0 bridgehead atoms. The lowest BCUT2D eigenvalue weighted by Gasteiger charge is -2.33. The van der Waals surface area contributed by atoms with Gasteiger partial charge in [0.25, 0.3) is 0 Å². The van der Waals surface area contributed by atoms with Crippen LogP contribution in [0.4, 0.5) is 0 Å². The van der Waals surface area contributed by atoms with Gasteiger partial charge in [-0.25, -0.2) is 0 Å². The van der Waals surface area contributed by atoms with E-state index in [2.05, 4.69) is 26.0 Å². The fourth-order valence-electron chi connectivity index (χ4n) is 3.34. The maximum atomic E-state index is 10.2. The summed E-state index contributed by atoms with van der Waals surface area (Å²) in [4.78, 5) is 0. The molecule has 0 aromatic heterocycles. The monoisotopic (exact) mass is 280 g/mol. The van der Waals surface area contributed by atoms with Crippen LogP contribution in [0.1, 0.15) is 50.2 Å². The highest BCUT2D eigenvalue weighted by Crippen LogP contribution is 2.35. The zero-order valence-electron chi connectivity index (χ0n) is 12.0. The molecular formula is C17H25ClO. The number of aryl methyl sites for hydroxylation is 1. The fraction of sp³-hybridized carbons (Fsp3) is 0.647. The number of benzene rings is 1. The molecule has 0 spiro atoms. The van der Waals surface area contributed by atoms with Gasteiger partial charge in [-0.2, -0.15) is 0 Å². The molecule has 19 heavy (non-hydrogen) atoms. The largest absolute Gasteiger partial charge is 0.393 e. The van der Waals surface area contributed by atoms with Crippen LogP contribution in [0, 0.1) is 18.8 Å². The third-order valence-electron chi connectivity index (χ3n) is 4.44. The number of aliphatic hydroxyl groups excluding tert-OH is 1. The zero-order valence-corrected chi connectivity index (χ0v) is 12.8. The van der Waals surface area contributed by atoms with Gasteiger partial charge in [0.2, 0.25) is 0 Å². The van der Waals surface area contributed by atoms with Crippen LogP contribution in [0.3, 0.4) is 0 Å². The van der Waals surface area contributed by atoms with E-state index < -0.39 is 0 Å². The first-order chi connectivity index (χ1) is 9.10. The molecule has 0 heterocycles. The molecule has 1 aliphatic carbocycles. The summed E-state index contributed by atoms with van der Waals surface area (Å²) in [5.41, 5.74) is 2.38. The van der Waals surface area contributed by atoms with E-state index >= 15 is 0 Å². The molecule has 1 aromatic carbocycles. The van der Waals surface area contributed by atoms with Crippen molar-refractivity contribution in [3.8, 4) is 0 Å². The molecule has 0 amide bonds. The first-order valence-electron chi connectivity index (χ1n) is 7.53. The van der Waals surface area contributed by atoms with E-state index in [9.17, 15) is 5.11 Å². The molecule has 2 heteroatoms. The normalized spacial score (nSPS) is 27.5. The van der Waals surface area contributed by atoms with E-state index in [1.165, 1.54) is 30.4 Å². The van der Waals surface area contributed by atoms with Crippen LogP contribution in [0.2, 0.25) is 5.02 Å². The summed E-state index contributed by atoms with van der Waals surface area (Å²) in [5.74, 6) is 1.17. The van der Waals surface area contributed by atoms with Gasteiger partial charge in [0.15, 0.2) is 0 Å². The lowest BCUT2D eigenvalue weighted by Crippen LogP contribution is -2.30. The summed E-state index contributed by atoms with van der Waals surface area (Å²) in [7, 11) is 0. The second kappa shape index (κ2) is 6.76. The Hall–Kier alpha value is -0.530. The van der Waals surface area contributed by atoms with E-state index in [1.807, 2.05) is 6.07 Å². The molecular weight excluding hydrogens is 256 g/mol. The third-order valence-corrected chi connectivity index (χ3v) is 4.79. The lowest BCUT2D eigenvalue weighted by molar-refractivity contribution is 0.0463. The van der Waals surface area contributed by atoms with Crippen molar-refractivity contribution >= 4 is 11.6 Å². The quantitative estimate of drug-likeness (QED) is 0.842. The van der Waals surface area contributed by atoms with Gasteiger partial charge in [-0.1, -0.05) is 43.5 Å². The van der Waals surface area contributed by atoms with Gasteiger partial charge in [-0.05, 0) is 61.6 Å². The predicted molar refractivity (Wildman–Crippen MR) is 81.6 cm³/mol. The van der Waals surface area contributed by atoms with Crippen LogP contribution in [0.15, 0.2) is 18.2 Å². The van der Waals surface area contributed by atoms with Crippen molar-refractivity contribution in [1.29, 1.82) is 0 Å². The molecule has 106 valence electrons. The summed E-state index contributed by atoms with van der Waals surface area (Å²) >= 11 is 6.31. The van der Waals surface area contributed by atoms with Crippen LogP contribution in [0.25, 0.3) is 0 Å². The average Bonchev–Trinajstić information content (AvgIpc) is 2.37. The Morgan fingerprint density at radius 1 is 1.32 bits per heavy atom. The maximum absolute atomic E-state index is 10.2. The zero-order chi connectivity index (χ0) is 13.8. The molecule has 1 aromatic rings. The van der Waals surface area contributed by atoms with Gasteiger partial charge in [0.1, 0.15) is 0 Å². The molecule has 3 atom stereocenters. The van der Waals surface area contributed by atoms with Gasteiger partial charge in [0, 0.05) is 5.02 Å². The Kier molecular flexibility index (Phi) is 5.29. The Labute approximate surface area is 122 Å². The van der Waals surface area contributed by atoms with Crippen LogP contribution in [-0.2, 0) is 6.42 Å². The van der Waals surface area contributed by atoms with E-state index in [1.54, 1.807) is 0 Å². The SMILES string of the molecule is CCCC1CCC(O)C(Cc2ccc(C)cc2Cl)C1. The minimum Gasteiger partial charge on any atom is -0.393 e. The summed E-state index contributed by atoms with van der Waals surface area (Å²) in [6, 6.07) is 6.25. The van der Waals surface area contributed by atoms with Crippen molar-refractivity contribution in [2.75, 3.05) is 0 Å². The molecule has 1 saturated carbocycles. The van der Waals surface area contributed by atoms with Gasteiger partial charge in [-0.3, -0.25) is 0 Å². The van der Waals surface area contributed by atoms with E-state index in [0.29, 0.717) is 5.92 Å². The molecule has 0 aliphatic heterocycles. The van der Waals surface area contributed by atoms with Crippen LogP contribution in [0.5, 0.6) is 0 Å². The third kappa shape index (κ3) is 3.97. The number of hydrogen-bond donors (Lipinski definition) is 1. The maximum Gasteiger partial charge on any atom is 0.0571 e. The van der Waals surface area contributed by atoms with Crippen molar-refractivity contribution < 1.29 is 5.11 Å². The highest BCUT2D eigenvalue weighted by Gasteiger charge is 2.29. The summed E-state index contributed by atoms with van der Waals surface area (Å²) in [6.07, 6.45) is 6.61. The van der Waals surface area contributed by atoms with Gasteiger partial charge in [-0.15, -0.1) is 0 Å². The number of rotatable bonds is 4. The summed E-state index contributed by atoms with van der Waals surface area (Å²) in [5, 5.41) is 11.1. The molecule has 2 rings (SSSR count). The van der Waals surface area contributed by atoms with Crippen molar-refractivity contribution in [2.24, 2.45) is 11.8 Å². The minimum absolute atomic E-state index is 0.148. The average molecular weight is 281 g/mol. The van der Waals surface area contributed by atoms with Crippen LogP contribution >= 0.6 is 11.6 Å². The number of halogens is 1. The number of hydrogen-bond acceptors (Lipinski definition) is 1. The van der Waals surface area contributed by atoms with Gasteiger partial charge in [0.05, 0.1) is 6.10 Å². The van der Waals surface area contributed by atoms with E-state index in [4.69, 9.17) is 11.6 Å². The summed E-state index contributed by atoms with van der Waals surface area (Å²) < 4.78 is 0. The smallest absolute Gasteiger partial charge is 0.0571 e. The first kappa shape index (κ1) is 14.9. The second-order valence-electron chi connectivity index (χ2n) is 6.09. The Bertz CT molecular complexity index is 416. The Morgan fingerprint density at radius 2 is 2.11 bits per heavy atom. The van der Waals surface area contributed by atoms with E-state index in [-0.39, 0.29) is 6.10 Å². The Morgan fingerprint density at radius 3 is 2.79 bits per heavy atom. The van der Waals surface area contributed by atoms with Crippen molar-refractivity contribution in [3.63, 3.8) is 0 Å². The molecule has 0 saturated heterocycles. The first-order valence-corrected chi connectivity index (χ1v) is 7.91. The summed E-state index contributed by atoms with van der Waals surface area (Å²) in [6.45, 7) is 4.30. The molecule has 3 unspecified atom stereocenters. The van der Waals surface area contributed by atoms with E-state index in [0.717, 1.165) is 30.2 Å². The molecule has 1 aliphatic rings. The highest BCUT2D eigenvalue weighted by atomic mass is 35.5. The lowest BCUT2D eigenvalue weighted by atomic mass is 9.75. The number of aliphatic hydroxyl groups is 1. The standard InChI is InChI=1S/C17H25ClO/c1-3-4-13-6-8-17(19)15(10-13)11-14-7-5-12(2)9-16(14)18/h5,7,9,13,15,17,19H,3-4,6,8,10-11H2,1-2H3. The molecule has 1 fully saturated rings. The van der Waals surface area contributed by atoms with Gasteiger partial charge >= 0.3 is 0 Å². The van der Waals surface area contributed by atoms with Gasteiger partial charge < -0.3 is 5.11 Å². The highest BCUT2D eigenvalue weighted by molar-refractivity contribution is 6.31. The topological polar surface area (TPSA) is 20.2 Å². The molecule has 1 nitrogen and oxygen atoms in total.